The molecule has 0 aromatic carbocycles. The Morgan fingerprint density at radius 2 is 2.08 bits per heavy atom. The number of aryl methyl sites for hydroxylation is 2. The van der Waals surface area contributed by atoms with Gasteiger partial charge in [-0.15, -0.1) is 0 Å². The number of anilines is 2. The van der Waals surface area contributed by atoms with Gasteiger partial charge in [0.25, 0.3) is 0 Å². The van der Waals surface area contributed by atoms with Gasteiger partial charge in [-0.1, -0.05) is 11.6 Å². The Bertz CT molecular complexity index is 1470. The van der Waals surface area contributed by atoms with Crippen molar-refractivity contribution in [2.45, 2.75) is 32.1 Å². The van der Waals surface area contributed by atoms with Gasteiger partial charge in [0.1, 0.15) is 34.8 Å². The Morgan fingerprint density at radius 3 is 2.86 bits per heavy atom. The molecule has 6 heterocycles. The van der Waals surface area contributed by atoms with Crippen LogP contribution in [0, 0.1) is 13.8 Å². The second kappa shape index (κ2) is 8.61. The van der Waals surface area contributed by atoms with Gasteiger partial charge in [0.05, 0.1) is 30.9 Å². The van der Waals surface area contributed by atoms with Crippen molar-refractivity contribution in [1.29, 1.82) is 0 Å². The summed E-state index contributed by atoms with van der Waals surface area (Å²) in [6.07, 6.45) is 1.69. The van der Waals surface area contributed by atoms with E-state index in [0.29, 0.717) is 35.0 Å². The fourth-order valence-electron chi connectivity index (χ4n) is 4.81. The largest absolute Gasteiger partial charge is 0.483 e. The highest BCUT2D eigenvalue weighted by molar-refractivity contribution is 6.29. The highest BCUT2D eigenvalue weighted by Crippen LogP contribution is 2.37. The standard InChI is InChI=1S/C24H22ClN7O4/c1-12-5-21(28-13(2)27-12)29-22-7-15-6-14(3-4-32(15)30-22)16-8-20(25)26-9-18(16)36-23-17-11-35-19(23)10-31(17)24(33)34/h3-9,17,19,23H,10-11H2,1-2H3,(H,33,34)(H,27,28,29,30)/t17-,19-,23+/m0/s1. The van der Waals surface area contributed by atoms with Crippen molar-refractivity contribution in [3.63, 3.8) is 0 Å². The van der Waals surface area contributed by atoms with Crippen LogP contribution in [0.15, 0.2) is 42.7 Å². The van der Waals surface area contributed by atoms with Crippen molar-refractivity contribution in [2.75, 3.05) is 18.5 Å². The number of hydrogen-bond donors (Lipinski definition) is 2. The van der Waals surface area contributed by atoms with Crippen LogP contribution in [0.4, 0.5) is 16.4 Å². The molecule has 2 aliphatic heterocycles. The molecule has 3 atom stereocenters. The number of morpholine rings is 1. The molecule has 0 saturated carbocycles. The van der Waals surface area contributed by atoms with E-state index in [0.717, 1.165) is 22.3 Å². The molecule has 1 amide bonds. The van der Waals surface area contributed by atoms with Gasteiger partial charge >= 0.3 is 6.09 Å². The third kappa shape index (κ3) is 4.06. The van der Waals surface area contributed by atoms with E-state index in [-0.39, 0.29) is 18.7 Å². The predicted octanol–water partition coefficient (Wildman–Crippen LogP) is 3.71. The lowest BCUT2D eigenvalue weighted by atomic mass is 10.1. The number of aromatic nitrogens is 5. The summed E-state index contributed by atoms with van der Waals surface area (Å²) >= 11 is 6.24. The molecule has 0 unspecified atom stereocenters. The van der Waals surface area contributed by atoms with Gasteiger partial charge in [0, 0.05) is 29.6 Å². The first-order valence-corrected chi connectivity index (χ1v) is 11.7. The van der Waals surface area contributed by atoms with Crippen molar-refractivity contribution >= 4 is 34.8 Å². The van der Waals surface area contributed by atoms with Gasteiger partial charge in [-0.05, 0) is 37.6 Å². The molecule has 2 aliphatic rings. The minimum atomic E-state index is -0.975. The van der Waals surface area contributed by atoms with E-state index < -0.39 is 12.2 Å². The summed E-state index contributed by atoms with van der Waals surface area (Å²) in [5.41, 5.74) is 3.30. The summed E-state index contributed by atoms with van der Waals surface area (Å²) in [6.45, 7) is 4.35. The molecule has 4 aromatic heterocycles. The maximum atomic E-state index is 11.6. The van der Waals surface area contributed by atoms with Crippen molar-refractivity contribution in [3.05, 3.63) is 59.4 Å². The minimum absolute atomic E-state index is 0.282. The fourth-order valence-corrected chi connectivity index (χ4v) is 4.96. The number of halogens is 1. The number of likely N-dealkylation sites (tertiary alicyclic amines) is 1. The molecule has 2 N–H and O–H groups in total. The van der Waals surface area contributed by atoms with Crippen LogP contribution in [-0.2, 0) is 4.74 Å². The molecule has 184 valence electrons. The maximum Gasteiger partial charge on any atom is 0.407 e. The van der Waals surface area contributed by atoms with E-state index >= 15 is 0 Å². The number of pyridine rings is 2. The van der Waals surface area contributed by atoms with Crippen molar-refractivity contribution in [3.8, 4) is 16.9 Å². The third-order valence-electron chi connectivity index (χ3n) is 6.34. The SMILES string of the molecule is Cc1cc(Nc2cc3cc(-c4cc(Cl)ncc4O[C@H]4[C@@H]5CN(C(=O)O)[C@H]4CO5)ccn3n2)nc(C)n1. The molecule has 2 saturated heterocycles. The lowest BCUT2D eigenvalue weighted by molar-refractivity contribution is 0.0271. The topological polar surface area (TPSA) is 127 Å². The zero-order valence-electron chi connectivity index (χ0n) is 19.4. The van der Waals surface area contributed by atoms with Gasteiger partial charge in [-0.25, -0.2) is 24.3 Å². The van der Waals surface area contributed by atoms with E-state index in [4.69, 9.17) is 21.1 Å². The molecule has 2 bridgehead atoms. The Labute approximate surface area is 210 Å². The molecule has 6 rings (SSSR count). The molecule has 4 aromatic rings. The lowest BCUT2D eigenvalue weighted by Gasteiger charge is -2.23. The molecule has 36 heavy (non-hydrogen) atoms. The molecule has 2 fully saturated rings. The Balaban J connectivity index is 1.30. The average molecular weight is 508 g/mol. The summed E-state index contributed by atoms with van der Waals surface area (Å²) < 4.78 is 13.8. The van der Waals surface area contributed by atoms with Crippen LogP contribution in [0.5, 0.6) is 5.75 Å². The van der Waals surface area contributed by atoms with E-state index in [2.05, 4.69) is 25.4 Å². The number of carbonyl (C=O) groups is 1. The van der Waals surface area contributed by atoms with Crippen molar-refractivity contribution in [2.24, 2.45) is 0 Å². The predicted molar refractivity (Wildman–Crippen MR) is 131 cm³/mol. The molecule has 0 spiro atoms. The third-order valence-corrected chi connectivity index (χ3v) is 6.55. The highest BCUT2D eigenvalue weighted by Gasteiger charge is 2.52. The van der Waals surface area contributed by atoms with Crippen LogP contribution in [-0.4, -0.2) is 72.1 Å². The number of ether oxygens (including phenoxy) is 2. The second-order valence-corrected chi connectivity index (χ2v) is 9.23. The Hall–Kier alpha value is -3.96. The van der Waals surface area contributed by atoms with Crippen LogP contribution < -0.4 is 10.1 Å². The van der Waals surface area contributed by atoms with E-state index in [1.807, 2.05) is 44.3 Å². The number of nitrogens with one attached hydrogen (secondary N) is 1. The van der Waals surface area contributed by atoms with Crippen LogP contribution in [0.1, 0.15) is 11.5 Å². The average Bonchev–Trinajstić information content (AvgIpc) is 3.51. The summed E-state index contributed by atoms with van der Waals surface area (Å²) in [5, 5.41) is 17.6. The van der Waals surface area contributed by atoms with Crippen LogP contribution in [0.25, 0.3) is 16.6 Å². The number of amides is 1. The van der Waals surface area contributed by atoms with Gasteiger partial charge in [0.15, 0.2) is 5.82 Å². The van der Waals surface area contributed by atoms with E-state index in [1.54, 1.807) is 16.8 Å². The normalized spacial score (nSPS) is 20.8. The lowest BCUT2D eigenvalue weighted by Crippen LogP contribution is -2.42. The molecular weight excluding hydrogens is 486 g/mol. The molecular formula is C24H22ClN7O4. The van der Waals surface area contributed by atoms with Crippen LogP contribution >= 0.6 is 11.6 Å². The maximum absolute atomic E-state index is 11.6. The van der Waals surface area contributed by atoms with Gasteiger partial charge < -0.3 is 19.9 Å². The quantitative estimate of drug-likeness (QED) is 0.388. The van der Waals surface area contributed by atoms with Gasteiger partial charge in [-0.2, -0.15) is 5.10 Å². The zero-order valence-corrected chi connectivity index (χ0v) is 20.2. The monoisotopic (exact) mass is 507 g/mol. The molecule has 0 aliphatic carbocycles. The first kappa shape index (κ1) is 22.5. The number of rotatable bonds is 5. The Morgan fingerprint density at radius 1 is 1.22 bits per heavy atom. The molecule has 12 heteroatoms. The smallest absolute Gasteiger partial charge is 0.407 e. The number of nitrogens with zero attached hydrogens (tertiary/aromatic N) is 6. The number of carboxylic acid groups (broad SMARTS) is 1. The fraction of sp³-hybridized carbons (Fsp3) is 0.292. The first-order valence-electron chi connectivity index (χ1n) is 11.4. The number of hydrogen-bond acceptors (Lipinski definition) is 8. The minimum Gasteiger partial charge on any atom is -0.483 e. The summed E-state index contributed by atoms with van der Waals surface area (Å²) in [5.74, 6) is 2.50. The van der Waals surface area contributed by atoms with Crippen LogP contribution in [0.2, 0.25) is 5.15 Å². The highest BCUT2D eigenvalue weighted by atomic mass is 35.5. The van der Waals surface area contributed by atoms with E-state index in [1.165, 1.54) is 4.90 Å². The van der Waals surface area contributed by atoms with Crippen molar-refractivity contribution in [1.82, 2.24) is 29.5 Å². The summed E-state index contributed by atoms with van der Waals surface area (Å²) in [4.78, 5) is 25.8. The van der Waals surface area contributed by atoms with Gasteiger partial charge in [0.2, 0.25) is 0 Å². The Kier molecular flexibility index (Phi) is 5.38. The number of fused-ring (bicyclic) bond motifs is 3. The van der Waals surface area contributed by atoms with Crippen LogP contribution in [0.3, 0.4) is 0 Å². The second-order valence-electron chi connectivity index (χ2n) is 8.84. The van der Waals surface area contributed by atoms with E-state index in [9.17, 15) is 9.90 Å². The first-order chi connectivity index (χ1) is 17.3. The molecule has 11 nitrogen and oxygen atoms in total. The zero-order chi connectivity index (χ0) is 25.0. The van der Waals surface area contributed by atoms with Gasteiger partial charge in [-0.3, -0.25) is 4.90 Å². The summed E-state index contributed by atoms with van der Waals surface area (Å²) in [6, 6.07) is 9.01. The molecule has 0 radical (unpaired) electrons. The summed E-state index contributed by atoms with van der Waals surface area (Å²) in [7, 11) is 0. The van der Waals surface area contributed by atoms with Crippen molar-refractivity contribution < 1.29 is 19.4 Å².